The molecule has 4 heteroatoms. The zero-order valence-corrected chi connectivity index (χ0v) is 8.95. The van der Waals surface area contributed by atoms with Crippen molar-refractivity contribution in [2.75, 3.05) is 0 Å². The normalized spacial score (nSPS) is 10.4. The van der Waals surface area contributed by atoms with Crippen molar-refractivity contribution in [3.63, 3.8) is 0 Å². The van der Waals surface area contributed by atoms with Gasteiger partial charge >= 0.3 is 0 Å². The van der Waals surface area contributed by atoms with Gasteiger partial charge in [0.05, 0.1) is 5.56 Å². The van der Waals surface area contributed by atoms with Crippen LogP contribution in [-0.2, 0) is 0 Å². The van der Waals surface area contributed by atoms with Gasteiger partial charge in [-0.2, -0.15) is 4.98 Å². The van der Waals surface area contributed by atoms with E-state index in [-0.39, 0.29) is 11.4 Å². The molecule has 0 unspecified atom stereocenters. The number of hydrogen-bond acceptors (Lipinski definition) is 3. The molecule has 0 amide bonds. The molecule has 1 heterocycles. The van der Waals surface area contributed by atoms with Crippen LogP contribution in [0, 0.1) is 19.7 Å². The zero-order chi connectivity index (χ0) is 11.7. The Morgan fingerprint density at radius 1 is 1.19 bits per heavy atom. The van der Waals surface area contributed by atoms with Gasteiger partial charge in [0.2, 0.25) is 0 Å². The standard InChI is InChI=1S/C12H10FNO2/c1-7-11(12(15)14-8(2)16-7)9-3-5-10(13)6-4-9/h3-6H,1-2H3. The van der Waals surface area contributed by atoms with Crippen LogP contribution in [0.5, 0.6) is 0 Å². The maximum absolute atomic E-state index is 12.8. The van der Waals surface area contributed by atoms with E-state index < -0.39 is 0 Å². The Balaban J connectivity index is 2.65. The van der Waals surface area contributed by atoms with Gasteiger partial charge in [-0.15, -0.1) is 0 Å². The first-order chi connectivity index (χ1) is 7.58. The molecule has 0 saturated carbocycles. The second-order valence-electron chi connectivity index (χ2n) is 3.48. The summed E-state index contributed by atoms with van der Waals surface area (Å²) in [6.45, 7) is 3.30. The molecule has 0 aliphatic heterocycles. The van der Waals surface area contributed by atoms with E-state index in [2.05, 4.69) is 4.98 Å². The topological polar surface area (TPSA) is 43.1 Å². The highest BCUT2D eigenvalue weighted by Gasteiger charge is 2.10. The molecule has 3 nitrogen and oxygen atoms in total. The number of rotatable bonds is 1. The lowest BCUT2D eigenvalue weighted by Crippen LogP contribution is -2.11. The molecule has 0 atom stereocenters. The molecule has 16 heavy (non-hydrogen) atoms. The van der Waals surface area contributed by atoms with Crippen LogP contribution < -0.4 is 5.56 Å². The molecule has 0 radical (unpaired) electrons. The summed E-state index contributed by atoms with van der Waals surface area (Å²) in [6, 6.07) is 5.67. The maximum Gasteiger partial charge on any atom is 0.284 e. The van der Waals surface area contributed by atoms with Crippen LogP contribution in [0.15, 0.2) is 33.5 Å². The molecule has 0 saturated heterocycles. The average Bonchev–Trinajstić information content (AvgIpc) is 2.19. The van der Waals surface area contributed by atoms with E-state index in [1.807, 2.05) is 0 Å². The second-order valence-corrected chi connectivity index (χ2v) is 3.48. The summed E-state index contributed by atoms with van der Waals surface area (Å²) in [5.41, 5.74) is 0.638. The van der Waals surface area contributed by atoms with Crippen molar-refractivity contribution in [1.29, 1.82) is 0 Å². The highest BCUT2D eigenvalue weighted by atomic mass is 19.1. The van der Waals surface area contributed by atoms with Crippen molar-refractivity contribution >= 4 is 0 Å². The summed E-state index contributed by atoms with van der Waals surface area (Å²) in [5.74, 6) is 0.475. The lowest BCUT2D eigenvalue weighted by atomic mass is 10.1. The van der Waals surface area contributed by atoms with Crippen LogP contribution >= 0.6 is 0 Å². The van der Waals surface area contributed by atoms with Gasteiger partial charge in [-0.25, -0.2) is 4.39 Å². The minimum Gasteiger partial charge on any atom is -0.447 e. The minimum absolute atomic E-state index is 0.327. The van der Waals surface area contributed by atoms with Crippen molar-refractivity contribution < 1.29 is 8.81 Å². The molecule has 2 aromatic rings. The van der Waals surface area contributed by atoms with Gasteiger partial charge in [0.15, 0.2) is 5.89 Å². The van der Waals surface area contributed by atoms with E-state index in [0.717, 1.165) is 0 Å². The zero-order valence-electron chi connectivity index (χ0n) is 8.95. The van der Waals surface area contributed by atoms with Crippen LogP contribution in [0.2, 0.25) is 0 Å². The fourth-order valence-electron chi connectivity index (χ4n) is 1.59. The van der Waals surface area contributed by atoms with E-state index in [9.17, 15) is 9.18 Å². The van der Waals surface area contributed by atoms with Crippen LogP contribution in [0.1, 0.15) is 11.7 Å². The molecular weight excluding hydrogens is 209 g/mol. The Morgan fingerprint density at radius 3 is 2.38 bits per heavy atom. The molecule has 0 aliphatic carbocycles. The second kappa shape index (κ2) is 3.89. The van der Waals surface area contributed by atoms with Crippen LogP contribution in [0.3, 0.4) is 0 Å². The van der Waals surface area contributed by atoms with E-state index in [1.165, 1.54) is 24.3 Å². The third-order valence-corrected chi connectivity index (χ3v) is 2.26. The summed E-state index contributed by atoms with van der Waals surface area (Å²) in [4.78, 5) is 15.4. The summed E-state index contributed by atoms with van der Waals surface area (Å²) in [5, 5.41) is 0. The third kappa shape index (κ3) is 1.86. The van der Waals surface area contributed by atoms with E-state index >= 15 is 0 Å². The average molecular weight is 219 g/mol. The third-order valence-electron chi connectivity index (χ3n) is 2.26. The number of benzene rings is 1. The molecule has 1 aromatic heterocycles. The fourth-order valence-corrected chi connectivity index (χ4v) is 1.59. The Bertz CT molecular complexity index is 573. The maximum atomic E-state index is 12.8. The van der Waals surface area contributed by atoms with Gasteiger partial charge in [-0.1, -0.05) is 12.1 Å². The highest BCUT2D eigenvalue weighted by molar-refractivity contribution is 5.63. The molecule has 0 spiro atoms. The first kappa shape index (κ1) is 10.5. The van der Waals surface area contributed by atoms with Gasteiger partial charge in [0, 0.05) is 6.92 Å². The molecule has 0 fully saturated rings. The molecule has 0 aliphatic rings. The Morgan fingerprint density at radius 2 is 1.81 bits per heavy atom. The van der Waals surface area contributed by atoms with Gasteiger partial charge < -0.3 is 4.42 Å². The molecule has 1 aromatic carbocycles. The van der Waals surface area contributed by atoms with Crippen molar-refractivity contribution in [3.05, 3.63) is 52.1 Å². The fraction of sp³-hybridized carbons (Fsp3) is 0.167. The van der Waals surface area contributed by atoms with Crippen LogP contribution in [0.4, 0.5) is 4.39 Å². The van der Waals surface area contributed by atoms with Crippen LogP contribution in [0.25, 0.3) is 11.1 Å². The van der Waals surface area contributed by atoms with E-state index in [0.29, 0.717) is 22.8 Å². The lowest BCUT2D eigenvalue weighted by Gasteiger charge is -2.04. The van der Waals surface area contributed by atoms with Crippen molar-refractivity contribution in [2.24, 2.45) is 0 Å². The number of nitrogens with zero attached hydrogens (tertiary/aromatic N) is 1. The van der Waals surface area contributed by atoms with Crippen molar-refractivity contribution in [2.45, 2.75) is 13.8 Å². The Kier molecular flexibility index (Phi) is 2.56. The largest absolute Gasteiger partial charge is 0.447 e. The van der Waals surface area contributed by atoms with Gasteiger partial charge in [0.25, 0.3) is 5.56 Å². The van der Waals surface area contributed by atoms with Gasteiger partial charge in [0.1, 0.15) is 11.6 Å². The first-order valence-corrected chi connectivity index (χ1v) is 4.82. The predicted octanol–water partition coefficient (Wildman–Crippen LogP) is 2.46. The summed E-state index contributed by atoms with van der Waals surface area (Å²) in [6.07, 6.45) is 0. The summed E-state index contributed by atoms with van der Waals surface area (Å²) >= 11 is 0. The summed E-state index contributed by atoms with van der Waals surface area (Å²) < 4.78 is 18.0. The smallest absolute Gasteiger partial charge is 0.284 e. The predicted molar refractivity (Wildman–Crippen MR) is 57.6 cm³/mol. The van der Waals surface area contributed by atoms with Gasteiger partial charge in [-0.05, 0) is 24.6 Å². The molecule has 0 bridgehead atoms. The van der Waals surface area contributed by atoms with E-state index in [1.54, 1.807) is 13.8 Å². The lowest BCUT2D eigenvalue weighted by molar-refractivity contribution is 0.461. The van der Waals surface area contributed by atoms with E-state index in [4.69, 9.17) is 4.42 Å². The molecule has 82 valence electrons. The number of hydrogen-bond donors (Lipinski definition) is 0. The quantitative estimate of drug-likeness (QED) is 0.739. The Labute approximate surface area is 91.6 Å². The van der Waals surface area contributed by atoms with Crippen molar-refractivity contribution in [1.82, 2.24) is 4.98 Å². The highest BCUT2D eigenvalue weighted by Crippen LogP contribution is 2.19. The van der Waals surface area contributed by atoms with Crippen molar-refractivity contribution in [3.8, 4) is 11.1 Å². The monoisotopic (exact) mass is 219 g/mol. The number of aromatic nitrogens is 1. The summed E-state index contributed by atoms with van der Waals surface area (Å²) in [7, 11) is 0. The van der Waals surface area contributed by atoms with Crippen LogP contribution in [-0.4, -0.2) is 4.98 Å². The molecule has 2 rings (SSSR count). The molecule has 0 N–H and O–H groups in total. The Hall–Kier alpha value is -1.97. The number of halogens is 1. The number of aryl methyl sites for hydroxylation is 2. The minimum atomic E-state index is -0.354. The molecular formula is C12H10FNO2. The first-order valence-electron chi connectivity index (χ1n) is 4.82. The van der Waals surface area contributed by atoms with Gasteiger partial charge in [-0.3, -0.25) is 4.79 Å². The SMILES string of the molecule is Cc1nc(=O)c(-c2ccc(F)cc2)c(C)o1.